The second-order valence-electron chi connectivity index (χ2n) is 9.35. The number of ether oxygens (including phenoxy) is 1. The highest BCUT2D eigenvalue weighted by Gasteiger charge is 2.38. The molecule has 7 nitrogen and oxygen atoms in total. The molecule has 2 aromatic carbocycles. The molecule has 2 aromatic rings. The highest BCUT2D eigenvalue weighted by Crippen LogP contribution is 2.30. The Morgan fingerprint density at radius 2 is 1.37 bits per heavy atom. The molecule has 2 saturated heterocycles. The summed E-state index contributed by atoms with van der Waals surface area (Å²) >= 11 is 0. The summed E-state index contributed by atoms with van der Waals surface area (Å²) in [5, 5.41) is 5.86. The molecule has 7 heteroatoms. The highest BCUT2D eigenvalue weighted by atomic mass is 16.5. The summed E-state index contributed by atoms with van der Waals surface area (Å²) in [7, 11) is 0. The van der Waals surface area contributed by atoms with Crippen molar-refractivity contribution >= 4 is 29.1 Å². The molecule has 3 fully saturated rings. The maximum absolute atomic E-state index is 12.9. The van der Waals surface area contributed by atoms with Crippen LogP contribution in [0.2, 0.25) is 0 Å². The van der Waals surface area contributed by atoms with Crippen LogP contribution in [0.3, 0.4) is 0 Å². The van der Waals surface area contributed by atoms with E-state index >= 15 is 0 Å². The van der Waals surface area contributed by atoms with Gasteiger partial charge in [-0.1, -0.05) is 11.8 Å². The zero-order chi connectivity index (χ0) is 24.2. The van der Waals surface area contributed by atoms with Crippen LogP contribution in [0.4, 0.5) is 11.4 Å². The normalized spacial score (nSPS) is 21.2. The molecular formula is C28H29N3O4. The van der Waals surface area contributed by atoms with E-state index in [0.29, 0.717) is 25.3 Å². The predicted molar refractivity (Wildman–Crippen MR) is 133 cm³/mol. The number of rotatable bonds is 5. The van der Waals surface area contributed by atoms with Crippen LogP contribution in [-0.4, -0.2) is 47.9 Å². The second kappa shape index (κ2) is 10.3. The Morgan fingerprint density at radius 1 is 0.771 bits per heavy atom. The van der Waals surface area contributed by atoms with Gasteiger partial charge in [0.15, 0.2) is 0 Å². The minimum absolute atomic E-state index is 0.0656. The van der Waals surface area contributed by atoms with Gasteiger partial charge in [-0.15, -0.1) is 0 Å². The van der Waals surface area contributed by atoms with Gasteiger partial charge in [0.25, 0.3) is 5.91 Å². The summed E-state index contributed by atoms with van der Waals surface area (Å²) in [6.07, 6.45) is 4.65. The molecule has 0 radical (unpaired) electrons. The quantitative estimate of drug-likeness (QED) is 0.653. The first-order valence-corrected chi connectivity index (χ1v) is 12.3. The van der Waals surface area contributed by atoms with Gasteiger partial charge in [-0.2, -0.15) is 0 Å². The summed E-state index contributed by atoms with van der Waals surface area (Å²) in [4.78, 5) is 39.1. The largest absolute Gasteiger partial charge is 0.368 e. The number of hydrogen-bond donors (Lipinski definition) is 2. The molecule has 35 heavy (non-hydrogen) atoms. The lowest BCUT2D eigenvalue weighted by Crippen LogP contribution is -2.47. The third-order valence-electron chi connectivity index (χ3n) is 6.65. The standard InChI is InChI=1S/C28H29N3O4/c32-26(21-11-12-21)29-22-13-7-19(8-14-22)5-6-20-9-15-23(16-10-20)30-27(33)24-3-1-17-31(24)28(34)25-4-2-18-35-25/h7-10,13-16,21,24-25H,1-4,11-12,17-18H2,(H,29,32)(H,30,33)/t24-,25+/m0/s1. The Kier molecular flexibility index (Phi) is 6.82. The summed E-state index contributed by atoms with van der Waals surface area (Å²) < 4.78 is 5.52. The average Bonchev–Trinajstić information content (AvgIpc) is 3.37. The fourth-order valence-corrected chi connectivity index (χ4v) is 4.49. The minimum atomic E-state index is -0.455. The van der Waals surface area contributed by atoms with E-state index in [1.165, 1.54) is 0 Å². The number of hydrogen-bond acceptors (Lipinski definition) is 4. The van der Waals surface area contributed by atoms with Crippen molar-refractivity contribution in [3.05, 3.63) is 59.7 Å². The highest BCUT2D eigenvalue weighted by molar-refractivity contribution is 5.98. The maximum Gasteiger partial charge on any atom is 0.252 e. The zero-order valence-corrected chi connectivity index (χ0v) is 19.6. The maximum atomic E-state index is 12.9. The lowest BCUT2D eigenvalue weighted by molar-refractivity contribution is -0.144. The molecule has 1 aliphatic carbocycles. The minimum Gasteiger partial charge on any atom is -0.368 e. The molecule has 2 aliphatic heterocycles. The van der Waals surface area contributed by atoms with Gasteiger partial charge in [0.05, 0.1) is 0 Å². The number of nitrogens with zero attached hydrogens (tertiary/aromatic N) is 1. The number of carbonyl (C=O) groups is 3. The molecule has 0 bridgehead atoms. The van der Waals surface area contributed by atoms with E-state index in [-0.39, 0.29) is 23.6 Å². The predicted octanol–water partition coefficient (Wildman–Crippen LogP) is 3.54. The van der Waals surface area contributed by atoms with Crippen LogP contribution in [0, 0.1) is 17.8 Å². The second-order valence-corrected chi connectivity index (χ2v) is 9.35. The fourth-order valence-electron chi connectivity index (χ4n) is 4.49. The van der Waals surface area contributed by atoms with Crippen molar-refractivity contribution in [3.8, 4) is 11.8 Å². The SMILES string of the molecule is O=C(Nc1ccc(C#Cc2ccc(NC(=O)[C@@H]3CCCN3C(=O)[C@H]3CCCO3)cc2)cc1)C1CC1. The van der Waals surface area contributed by atoms with Crippen LogP contribution >= 0.6 is 0 Å². The molecule has 5 rings (SSSR count). The number of anilines is 2. The van der Waals surface area contributed by atoms with Crippen molar-refractivity contribution in [1.82, 2.24) is 4.90 Å². The summed E-state index contributed by atoms with van der Waals surface area (Å²) in [5.41, 5.74) is 3.13. The third-order valence-corrected chi connectivity index (χ3v) is 6.65. The van der Waals surface area contributed by atoms with E-state index in [4.69, 9.17) is 4.74 Å². The fraction of sp³-hybridized carbons (Fsp3) is 0.393. The van der Waals surface area contributed by atoms with Gasteiger partial charge >= 0.3 is 0 Å². The number of likely N-dealkylation sites (tertiary alicyclic amines) is 1. The average molecular weight is 472 g/mol. The van der Waals surface area contributed by atoms with E-state index < -0.39 is 12.1 Å². The van der Waals surface area contributed by atoms with Crippen LogP contribution in [0.5, 0.6) is 0 Å². The van der Waals surface area contributed by atoms with Gasteiger partial charge in [-0.25, -0.2) is 0 Å². The van der Waals surface area contributed by atoms with Crippen molar-refractivity contribution in [3.63, 3.8) is 0 Å². The summed E-state index contributed by atoms with van der Waals surface area (Å²) in [6, 6.07) is 14.4. The van der Waals surface area contributed by atoms with Gasteiger partial charge in [0.2, 0.25) is 11.8 Å². The van der Waals surface area contributed by atoms with E-state index in [1.54, 1.807) is 4.90 Å². The molecule has 0 aromatic heterocycles. The lowest BCUT2D eigenvalue weighted by atomic mass is 10.1. The molecule has 0 unspecified atom stereocenters. The Morgan fingerprint density at radius 3 is 1.91 bits per heavy atom. The van der Waals surface area contributed by atoms with Crippen molar-refractivity contribution in [2.75, 3.05) is 23.8 Å². The first-order chi connectivity index (χ1) is 17.1. The molecule has 2 heterocycles. The topological polar surface area (TPSA) is 87.7 Å². The monoisotopic (exact) mass is 471 g/mol. The van der Waals surface area contributed by atoms with E-state index in [0.717, 1.165) is 48.9 Å². The summed E-state index contributed by atoms with van der Waals surface area (Å²) in [6.45, 7) is 1.21. The Hall–Kier alpha value is -3.63. The van der Waals surface area contributed by atoms with Crippen LogP contribution in [0.1, 0.15) is 49.7 Å². The van der Waals surface area contributed by atoms with Crippen molar-refractivity contribution < 1.29 is 19.1 Å². The molecule has 1 saturated carbocycles. The van der Waals surface area contributed by atoms with Crippen LogP contribution in [-0.2, 0) is 19.1 Å². The van der Waals surface area contributed by atoms with Gasteiger partial charge in [0.1, 0.15) is 12.1 Å². The molecule has 2 atom stereocenters. The molecular weight excluding hydrogens is 442 g/mol. The lowest BCUT2D eigenvalue weighted by Gasteiger charge is -2.26. The van der Waals surface area contributed by atoms with E-state index in [2.05, 4.69) is 22.5 Å². The van der Waals surface area contributed by atoms with Crippen molar-refractivity contribution in [1.29, 1.82) is 0 Å². The molecule has 180 valence electrons. The van der Waals surface area contributed by atoms with Crippen LogP contribution in [0.15, 0.2) is 48.5 Å². The number of carbonyl (C=O) groups excluding carboxylic acids is 3. The Labute approximate surface area is 205 Å². The molecule has 3 aliphatic rings. The Bertz CT molecular complexity index is 1150. The van der Waals surface area contributed by atoms with E-state index in [1.807, 2.05) is 48.5 Å². The van der Waals surface area contributed by atoms with E-state index in [9.17, 15) is 14.4 Å². The van der Waals surface area contributed by atoms with Crippen LogP contribution in [0.25, 0.3) is 0 Å². The van der Waals surface area contributed by atoms with Gasteiger partial charge in [-0.05, 0) is 87.1 Å². The number of amides is 3. The first kappa shape index (κ1) is 23.1. The van der Waals surface area contributed by atoms with Gasteiger partial charge in [-0.3, -0.25) is 14.4 Å². The summed E-state index contributed by atoms with van der Waals surface area (Å²) in [5.74, 6) is 6.27. The molecule has 0 spiro atoms. The first-order valence-electron chi connectivity index (χ1n) is 12.3. The Balaban J connectivity index is 1.16. The number of nitrogens with one attached hydrogen (secondary N) is 2. The van der Waals surface area contributed by atoms with Gasteiger partial charge in [0, 0.05) is 41.6 Å². The van der Waals surface area contributed by atoms with Gasteiger partial charge < -0.3 is 20.3 Å². The zero-order valence-electron chi connectivity index (χ0n) is 19.6. The van der Waals surface area contributed by atoms with Crippen molar-refractivity contribution in [2.45, 2.75) is 50.7 Å². The molecule has 3 amide bonds. The number of benzene rings is 2. The third kappa shape index (κ3) is 5.72. The van der Waals surface area contributed by atoms with Crippen molar-refractivity contribution in [2.24, 2.45) is 5.92 Å². The smallest absolute Gasteiger partial charge is 0.252 e. The molecule has 2 N–H and O–H groups in total. The van der Waals surface area contributed by atoms with Crippen LogP contribution < -0.4 is 10.6 Å².